The van der Waals surface area contributed by atoms with Crippen LogP contribution in [0.5, 0.6) is 0 Å². The molecule has 0 aromatic carbocycles. The second kappa shape index (κ2) is 28.3. The summed E-state index contributed by atoms with van der Waals surface area (Å²) in [6.45, 7) is 9.28. The molecule has 1 nitrogen and oxygen atoms in total. The largest absolute Gasteiger partial charge is 0.325 e. The molecule has 34 heavy (non-hydrogen) atoms. The quantitative estimate of drug-likeness (QED) is 0.0744. The molecule has 2 heteroatoms. The van der Waals surface area contributed by atoms with E-state index in [1.165, 1.54) is 167 Å². The Bertz CT molecular complexity index is 358. The molecule has 0 amide bonds. The Hall–Kier alpha value is 0.690. The van der Waals surface area contributed by atoms with Crippen molar-refractivity contribution in [2.75, 3.05) is 0 Å². The molecule has 1 unspecified atom stereocenters. The minimum Gasteiger partial charge on any atom is -0.325 e. The molecule has 0 bridgehead atoms. The summed E-state index contributed by atoms with van der Waals surface area (Å²) in [5, 5.41) is 0. The lowest BCUT2D eigenvalue weighted by molar-refractivity contribution is 0.190. The lowest BCUT2D eigenvalue weighted by Gasteiger charge is -2.39. The van der Waals surface area contributed by atoms with Crippen molar-refractivity contribution < 1.29 is 0 Å². The highest BCUT2D eigenvalue weighted by molar-refractivity contribution is 14.0. The fourth-order valence-corrected chi connectivity index (χ4v) is 5.71. The summed E-state index contributed by atoms with van der Waals surface area (Å²) in [6.07, 6.45) is 36.1. The van der Waals surface area contributed by atoms with Gasteiger partial charge in [-0.3, -0.25) is 0 Å². The van der Waals surface area contributed by atoms with Crippen LogP contribution in [0.25, 0.3) is 0 Å². The molecule has 0 radical (unpaired) electrons. The number of halogens is 1. The van der Waals surface area contributed by atoms with E-state index in [-0.39, 0.29) is 29.5 Å². The first-order chi connectivity index (χ1) is 16.1. The van der Waals surface area contributed by atoms with Crippen molar-refractivity contribution in [3.8, 4) is 0 Å². The number of unbranched alkanes of at least 4 members (excludes halogenated alkanes) is 18. The Morgan fingerprint density at radius 2 is 0.676 bits per heavy atom. The van der Waals surface area contributed by atoms with Crippen molar-refractivity contribution in [2.45, 2.75) is 200 Å². The highest BCUT2D eigenvalue weighted by Crippen LogP contribution is 2.35. The monoisotopic (exact) mass is 593 g/mol. The van der Waals surface area contributed by atoms with E-state index >= 15 is 0 Å². The van der Waals surface area contributed by atoms with E-state index in [2.05, 4.69) is 27.7 Å². The van der Waals surface area contributed by atoms with Crippen LogP contribution < -0.4 is 5.73 Å². The fourth-order valence-electron chi connectivity index (χ4n) is 5.71. The molecule has 0 rings (SSSR count). The second-order valence-corrected chi connectivity index (χ2v) is 11.4. The van der Waals surface area contributed by atoms with E-state index in [4.69, 9.17) is 5.73 Å². The SMILES string of the molecule is CCCCCCCCCCCCC(CCCCCC)C(N)(CCCCCC)CCCCCC.I. The minimum absolute atomic E-state index is 0. The van der Waals surface area contributed by atoms with Crippen LogP contribution in [0.4, 0.5) is 0 Å². The van der Waals surface area contributed by atoms with Crippen LogP contribution in [-0.4, -0.2) is 5.54 Å². The predicted octanol–water partition coefficient (Wildman–Crippen LogP) is 12.1. The maximum Gasteiger partial charge on any atom is 0.0182 e. The molecule has 0 heterocycles. The van der Waals surface area contributed by atoms with Gasteiger partial charge in [0.2, 0.25) is 0 Å². The number of hydrogen-bond donors (Lipinski definition) is 1. The minimum atomic E-state index is 0. The van der Waals surface area contributed by atoms with Gasteiger partial charge in [-0.15, -0.1) is 24.0 Å². The van der Waals surface area contributed by atoms with Gasteiger partial charge in [-0.1, -0.05) is 169 Å². The topological polar surface area (TPSA) is 26.0 Å². The van der Waals surface area contributed by atoms with Crippen molar-refractivity contribution in [1.29, 1.82) is 0 Å². The molecule has 0 aromatic rings. The summed E-state index contributed by atoms with van der Waals surface area (Å²) in [6, 6.07) is 0. The first kappa shape index (κ1) is 36.8. The first-order valence-electron chi connectivity index (χ1n) is 15.9. The summed E-state index contributed by atoms with van der Waals surface area (Å²) < 4.78 is 0. The molecule has 0 aromatic heterocycles. The second-order valence-electron chi connectivity index (χ2n) is 11.4. The summed E-state index contributed by atoms with van der Waals surface area (Å²) in [5.74, 6) is 0.756. The Labute approximate surface area is 235 Å². The summed E-state index contributed by atoms with van der Waals surface area (Å²) in [7, 11) is 0. The molecular formula is C32H68IN. The van der Waals surface area contributed by atoms with Crippen molar-refractivity contribution in [3.63, 3.8) is 0 Å². The van der Waals surface area contributed by atoms with Crippen LogP contribution in [0.2, 0.25) is 0 Å². The number of nitrogens with two attached hydrogens (primary N) is 1. The van der Waals surface area contributed by atoms with Crippen LogP contribution in [-0.2, 0) is 0 Å². The standard InChI is InChI=1S/C32H67N.HI/c1-5-9-13-17-18-19-20-21-22-24-28-31(27-23-14-10-6-2)32(33,29-25-15-11-7-3)30-26-16-12-8-4;/h31H,5-30,33H2,1-4H3;1H. The lowest BCUT2D eigenvalue weighted by Crippen LogP contribution is -2.47. The highest BCUT2D eigenvalue weighted by Gasteiger charge is 2.33. The fraction of sp³-hybridized carbons (Fsp3) is 1.00. The van der Waals surface area contributed by atoms with E-state index in [1.54, 1.807) is 0 Å². The van der Waals surface area contributed by atoms with Gasteiger partial charge in [-0.05, 0) is 31.6 Å². The summed E-state index contributed by atoms with van der Waals surface area (Å²) >= 11 is 0. The first-order valence-corrected chi connectivity index (χ1v) is 15.9. The maximum absolute atomic E-state index is 7.34. The maximum atomic E-state index is 7.34. The van der Waals surface area contributed by atoms with Gasteiger partial charge in [-0.2, -0.15) is 0 Å². The van der Waals surface area contributed by atoms with Gasteiger partial charge in [0.1, 0.15) is 0 Å². The third-order valence-corrected chi connectivity index (χ3v) is 8.12. The van der Waals surface area contributed by atoms with Gasteiger partial charge in [0, 0.05) is 5.54 Å². The zero-order valence-corrected chi connectivity index (χ0v) is 26.8. The third-order valence-electron chi connectivity index (χ3n) is 8.12. The smallest absolute Gasteiger partial charge is 0.0182 e. The van der Waals surface area contributed by atoms with Crippen LogP contribution in [0.15, 0.2) is 0 Å². The van der Waals surface area contributed by atoms with E-state index < -0.39 is 0 Å². The number of hydrogen-bond acceptors (Lipinski definition) is 1. The molecule has 0 aliphatic heterocycles. The van der Waals surface area contributed by atoms with E-state index in [9.17, 15) is 0 Å². The van der Waals surface area contributed by atoms with Crippen molar-refractivity contribution >= 4 is 24.0 Å². The average molecular weight is 594 g/mol. The van der Waals surface area contributed by atoms with Gasteiger partial charge in [0.25, 0.3) is 0 Å². The predicted molar refractivity (Wildman–Crippen MR) is 169 cm³/mol. The van der Waals surface area contributed by atoms with Crippen LogP contribution in [0, 0.1) is 5.92 Å². The molecule has 0 saturated carbocycles. The molecule has 0 aliphatic rings. The highest BCUT2D eigenvalue weighted by atomic mass is 127. The van der Waals surface area contributed by atoms with Gasteiger partial charge >= 0.3 is 0 Å². The summed E-state index contributed by atoms with van der Waals surface area (Å²) in [5.41, 5.74) is 7.45. The lowest BCUT2D eigenvalue weighted by atomic mass is 9.72. The van der Waals surface area contributed by atoms with Crippen LogP contribution in [0.3, 0.4) is 0 Å². The number of rotatable bonds is 27. The molecule has 0 spiro atoms. The molecule has 0 aliphatic carbocycles. The molecule has 0 fully saturated rings. The molecule has 1 atom stereocenters. The normalized spacial score (nSPS) is 12.6. The van der Waals surface area contributed by atoms with Crippen LogP contribution in [0.1, 0.15) is 195 Å². The van der Waals surface area contributed by atoms with Crippen molar-refractivity contribution in [1.82, 2.24) is 0 Å². The van der Waals surface area contributed by atoms with E-state index in [1.807, 2.05) is 0 Å². The van der Waals surface area contributed by atoms with Gasteiger partial charge in [0.05, 0.1) is 0 Å². The Morgan fingerprint density at radius 1 is 0.412 bits per heavy atom. The van der Waals surface area contributed by atoms with Crippen molar-refractivity contribution in [2.24, 2.45) is 11.7 Å². The Balaban J connectivity index is 0. The van der Waals surface area contributed by atoms with E-state index in [0.29, 0.717) is 0 Å². The Kier molecular flexibility index (Phi) is 30.6. The van der Waals surface area contributed by atoms with E-state index in [0.717, 1.165) is 5.92 Å². The molecule has 208 valence electrons. The van der Waals surface area contributed by atoms with Crippen molar-refractivity contribution in [3.05, 3.63) is 0 Å². The van der Waals surface area contributed by atoms with Gasteiger partial charge in [0.15, 0.2) is 0 Å². The zero-order valence-electron chi connectivity index (χ0n) is 24.4. The molecule has 0 saturated heterocycles. The zero-order chi connectivity index (χ0) is 24.5. The Morgan fingerprint density at radius 3 is 1.03 bits per heavy atom. The third kappa shape index (κ3) is 21.9. The molecular weight excluding hydrogens is 525 g/mol. The van der Waals surface area contributed by atoms with Gasteiger partial charge < -0.3 is 5.73 Å². The average Bonchev–Trinajstić information content (AvgIpc) is 2.82. The summed E-state index contributed by atoms with van der Waals surface area (Å²) in [4.78, 5) is 0. The van der Waals surface area contributed by atoms with Gasteiger partial charge in [-0.25, -0.2) is 0 Å². The molecule has 2 N–H and O–H groups in total. The van der Waals surface area contributed by atoms with Crippen LogP contribution >= 0.6 is 24.0 Å².